The number of para-hydroxylation sites is 1. The van der Waals surface area contributed by atoms with Gasteiger partial charge >= 0.3 is 0 Å². The Morgan fingerprint density at radius 2 is 2.00 bits per heavy atom. The van der Waals surface area contributed by atoms with Crippen LogP contribution in [0.3, 0.4) is 0 Å². The molecule has 0 aliphatic heterocycles. The third kappa shape index (κ3) is 3.46. The molecule has 0 bridgehead atoms. The number of ether oxygens (including phenoxy) is 1. The number of carbonyl (C=O) groups excluding carboxylic acids is 1. The number of hydrogen-bond donors (Lipinski definition) is 1. The van der Waals surface area contributed by atoms with Crippen molar-refractivity contribution >= 4 is 5.78 Å². The second-order valence-corrected chi connectivity index (χ2v) is 6.34. The van der Waals surface area contributed by atoms with Gasteiger partial charge in [0.05, 0.1) is 12.2 Å². The van der Waals surface area contributed by atoms with Gasteiger partial charge in [0.15, 0.2) is 5.78 Å². The fourth-order valence-electron chi connectivity index (χ4n) is 3.12. The Morgan fingerprint density at radius 3 is 2.62 bits per heavy atom. The number of hydrogen-bond acceptors (Lipinski definition) is 3. The van der Waals surface area contributed by atoms with Crippen LogP contribution in [0.25, 0.3) is 0 Å². The molecule has 2 N–H and O–H groups in total. The van der Waals surface area contributed by atoms with Gasteiger partial charge in [-0.15, -0.1) is 0 Å². The first-order chi connectivity index (χ1) is 10.1. The molecule has 0 radical (unpaired) electrons. The molecule has 0 aromatic heterocycles. The topological polar surface area (TPSA) is 52.3 Å². The average Bonchev–Trinajstić information content (AvgIpc) is 2.53. The molecule has 1 aromatic carbocycles. The normalized spacial score (nSPS) is 25.6. The molecule has 0 saturated heterocycles. The van der Waals surface area contributed by atoms with E-state index in [4.69, 9.17) is 10.5 Å². The SMILES string of the molecule is CCCOc1ccccc1C(=O)C1(CN)CCC(C)CC1. The predicted molar refractivity (Wildman–Crippen MR) is 85.7 cm³/mol. The van der Waals surface area contributed by atoms with Crippen LogP contribution < -0.4 is 10.5 Å². The van der Waals surface area contributed by atoms with Crippen LogP contribution >= 0.6 is 0 Å². The number of ketones is 1. The summed E-state index contributed by atoms with van der Waals surface area (Å²) in [6.45, 7) is 5.38. The van der Waals surface area contributed by atoms with E-state index in [9.17, 15) is 4.79 Å². The lowest BCUT2D eigenvalue weighted by Gasteiger charge is -2.37. The van der Waals surface area contributed by atoms with Crippen LogP contribution in [0, 0.1) is 11.3 Å². The second kappa shape index (κ2) is 7.08. The summed E-state index contributed by atoms with van der Waals surface area (Å²) in [6, 6.07) is 7.59. The molecular formula is C18H27NO2. The van der Waals surface area contributed by atoms with E-state index in [-0.39, 0.29) is 5.78 Å². The van der Waals surface area contributed by atoms with Gasteiger partial charge in [-0.3, -0.25) is 4.79 Å². The Labute approximate surface area is 127 Å². The molecule has 21 heavy (non-hydrogen) atoms. The standard InChI is InChI=1S/C18H27NO2/c1-3-12-21-16-7-5-4-6-15(16)17(20)18(13-19)10-8-14(2)9-11-18/h4-7,14H,3,8-13,19H2,1-2H3. The van der Waals surface area contributed by atoms with Crippen molar-refractivity contribution in [1.82, 2.24) is 0 Å². The molecule has 1 aliphatic carbocycles. The Morgan fingerprint density at radius 1 is 1.33 bits per heavy atom. The predicted octanol–water partition coefficient (Wildman–Crippen LogP) is 3.81. The molecule has 3 heteroatoms. The molecule has 116 valence electrons. The van der Waals surface area contributed by atoms with Crippen LogP contribution in [0.2, 0.25) is 0 Å². The summed E-state index contributed by atoms with van der Waals surface area (Å²) in [5.74, 6) is 1.57. The molecule has 1 aliphatic rings. The summed E-state index contributed by atoms with van der Waals surface area (Å²) in [6.07, 6.45) is 4.89. The molecule has 2 rings (SSSR count). The average molecular weight is 289 g/mol. The van der Waals surface area contributed by atoms with Crippen molar-refractivity contribution in [3.8, 4) is 5.75 Å². The van der Waals surface area contributed by atoms with Crippen LogP contribution in [0.15, 0.2) is 24.3 Å². The summed E-state index contributed by atoms with van der Waals surface area (Å²) in [5, 5.41) is 0. The molecule has 0 amide bonds. The number of Topliss-reactive ketones (excluding diaryl/α,β-unsaturated/α-hetero) is 1. The largest absolute Gasteiger partial charge is 0.493 e. The summed E-state index contributed by atoms with van der Waals surface area (Å²) < 4.78 is 5.75. The van der Waals surface area contributed by atoms with Crippen molar-refractivity contribution in [3.63, 3.8) is 0 Å². The smallest absolute Gasteiger partial charge is 0.173 e. The van der Waals surface area contributed by atoms with Gasteiger partial charge in [0.25, 0.3) is 0 Å². The van der Waals surface area contributed by atoms with E-state index in [2.05, 4.69) is 13.8 Å². The van der Waals surface area contributed by atoms with Gasteiger partial charge in [0, 0.05) is 12.0 Å². The quantitative estimate of drug-likeness (QED) is 0.810. The van der Waals surface area contributed by atoms with Gasteiger partial charge in [-0.05, 0) is 50.2 Å². The Bertz CT molecular complexity index is 476. The fraction of sp³-hybridized carbons (Fsp3) is 0.611. The van der Waals surface area contributed by atoms with E-state index in [0.717, 1.165) is 32.1 Å². The van der Waals surface area contributed by atoms with Crippen molar-refractivity contribution in [2.75, 3.05) is 13.2 Å². The zero-order valence-corrected chi connectivity index (χ0v) is 13.2. The minimum Gasteiger partial charge on any atom is -0.493 e. The molecule has 0 atom stereocenters. The van der Waals surface area contributed by atoms with Gasteiger partial charge in [-0.2, -0.15) is 0 Å². The van der Waals surface area contributed by atoms with E-state index in [1.807, 2.05) is 24.3 Å². The maximum Gasteiger partial charge on any atom is 0.173 e. The van der Waals surface area contributed by atoms with E-state index >= 15 is 0 Å². The van der Waals surface area contributed by atoms with Crippen molar-refractivity contribution in [2.45, 2.75) is 46.0 Å². The van der Waals surface area contributed by atoms with E-state index in [0.29, 0.717) is 30.4 Å². The molecular weight excluding hydrogens is 262 g/mol. The Balaban J connectivity index is 2.25. The van der Waals surface area contributed by atoms with Crippen LogP contribution in [0.4, 0.5) is 0 Å². The highest BCUT2D eigenvalue weighted by Gasteiger charge is 2.41. The highest BCUT2D eigenvalue weighted by atomic mass is 16.5. The molecule has 0 spiro atoms. The second-order valence-electron chi connectivity index (χ2n) is 6.34. The van der Waals surface area contributed by atoms with Gasteiger partial charge in [-0.25, -0.2) is 0 Å². The van der Waals surface area contributed by atoms with E-state index in [1.165, 1.54) is 0 Å². The van der Waals surface area contributed by atoms with Crippen LogP contribution in [-0.2, 0) is 0 Å². The molecule has 1 aromatic rings. The first-order valence-corrected chi connectivity index (χ1v) is 8.09. The van der Waals surface area contributed by atoms with Crippen molar-refractivity contribution in [3.05, 3.63) is 29.8 Å². The summed E-state index contributed by atoms with van der Waals surface area (Å²) >= 11 is 0. The van der Waals surface area contributed by atoms with E-state index < -0.39 is 5.41 Å². The Kier molecular flexibility index (Phi) is 5.40. The number of benzene rings is 1. The lowest BCUT2D eigenvalue weighted by atomic mass is 9.67. The molecule has 1 fully saturated rings. The van der Waals surface area contributed by atoms with Crippen LogP contribution in [0.5, 0.6) is 5.75 Å². The zero-order valence-electron chi connectivity index (χ0n) is 13.2. The van der Waals surface area contributed by atoms with Crippen molar-refractivity contribution in [2.24, 2.45) is 17.1 Å². The van der Waals surface area contributed by atoms with Gasteiger partial charge in [0.1, 0.15) is 5.75 Å². The molecule has 3 nitrogen and oxygen atoms in total. The van der Waals surface area contributed by atoms with Crippen molar-refractivity contribution < 1.29 is 9.53 Å². The minimum atomic E-state index is -0.391. The lowest BCUT2D eigenvalue weighted by molar-refractivity contribution is 0.0691. The number of rotatable bonds is 6. The summed E-state index contributed by atoms with van der Waals surface area (Å²) in [4.78, 5) is 13.1. The van der Waals surface area contributed by atoms with Gasteiger partial charge in [0.2, 0.25) is 0 Å². The highest BCUT2D eigenvalue weighted by Crippen LogP contribution is 2.41. The van der Waals surface area contributed by atoms with Crippen LogP contribution in [-0.4, -0.2) is 18.9 Å². The molecule has 0 unspecified atom stereocenters. The monoisotopic (exact) mass is 289 g/mol. The maximum absolute atomic E-state index is 13.1. The summed E-state index contributed by atoms with van der Waals surface area (Å²) in [7, 11) is 0. The highest BCUT2D eigenvalue weighted by molar-refractivity contribution is 6.03. The maximum atomic E-state index is 13.1. The first-order valence-electron chi connectivity index (χ1n) is 8.09. The van der Waals surface area contributed by atoms with Crippen molar-refractivity contribution in [1.29, 1.82) is 0 Å². The fourth-order valence-corrected chi connectivity index (χ4v) is 3.12. The molecule has 0 heterocycles. The zero-order chi connectivity index (χ0) is 15.3. The number of nitrogens with two attached hydrogens (primary N) is 1. The van der Waals surface area contributed by atoms with Crippen LogP contribution in [0.1, 0.15) is 56.3 Å². The summed E-state index contributed by atoms with van der Waals surface area (Å²) in [5.41, 5.74) is 6.32. The lowest BCUT2D eigenvalue weighted by Crippen LogP contribution is -2.41. The third-order valence-corrected chi connectivity index (χ3v) is 4.70. The van der Waals surface area contributed by atoms with E-state index in [1.54, 1.807) is 0 Å². The number of carbonyl (C=O) groups is 1. The van der Waals surface area contributed by atoms with Gasteiger partial charge < -0.3 is 10.5 Å². The van der Waals surface area contributed by atoms with Gasteiger partial charge in [-0.1, -0.05) is 26.0 Å². The third-order valence-electron chi connectivity index (χ3n) is 4.70. The molecule has 1 saturated carbocycles. The minimum absolute atomic E-state index is 0.170. The Hall–Kier alpha value is -1.35. The first kappa shape index (κ1) is 16.0.